The summed E-state index contributed by atoms with van der Waals surface area (Å²) in [5, 5.41) is 0.968. The Kier molecular flexibility index (Phi) is 3.76. The van der Waals surface area contributed by atoms with E-state index in [0.717, 1.165) is 23.2 Å². The van der Waals surface area contributed by atoms with Gasteiger partial charge < -0.3 is 10.2 Å². The summed E-state index contributed by atoms with van der Waals surface area (Å²) in [4.78, 5) is 8.99. The molecular weight excluding hydrogens is 299 g/mol. The Labute approximate surface area is 126 Å². The summed E-state index contributed by atoms with van der Waals surface area (Å²) in [6.45, 7) is 1.12. The summed E-state index contributed by atoms with van der Waals surface area (Å²) in [5.41, 5.74) is 5.25. The number of halogens is 2. The fourth-order valence-electron chi connectivity index (χ4n) is 2.12. The van der Waals surface area contributed by atoms with Gasteiger partial charge in [0.2, 0.25) is 0 Å². The van der Waals surface area contributed by atoms with Gasteiger partial charge in [-0.3, -0.25) is 0 Å². The number of anilines is 1. The first kappa shape index (κ1) is 13.6. The van der Waals surface area contributed by atoms with Crippen molar-refractivity contribution in [3.05, 3.63) is 39.5 Å². The summed E-state index contributed by atoms with van der Waals surface area (Å²) in [5.74, 6) is 6.68. The second kappa shape index (κ2) is 5.54. The van der Waals surface area contributed by atoms with Crippen molar-refractivity contribution in [2.45, 2.75) is 13.0 Å². The zero-order chi connectivity index (χ0) is 14.1. The standard InChI is InChI=1S/C13H12Cl2N4O/c14-9-2-1-7(5-10(9)15)12-17-11-3-4-20-6-8(11)13(18-12)19-16/h1-2,5H,3-4,6,16H2,(H,17,18,19). The molecule has 0 amide bonds. The number of benzene rings is 1. The van der Waals surface area contributed by atoms with E-state index in [9.17, 15) is 0 Å². The Morgan fingerprint density at radius 3 is 2.80 bits per heavy atom. The van der Waals surface area contributed by atoms with Gasteiger partial charge in [-0.25, -0.2) is 15.8 Å². The molecule has 0 radical (unpaired) electrons. The smallest absolute Gasteiger partial charge is 0.161 e. The Bertz CT molecular complexity index is 646. The first-order valence-electron chi connectivity index (χ1n) is 6.08. The molecule has 0 unspecified atom stereocenters. The fraction of sp³-hybridized carbons (Fsp3) is 0.231. The summed E-state index contributed by atoms with van der Waals surface area (Å²) in [6.07, 6.45) is 0.737. The number of hydrogen-bond acceptors (Lipinski definition) is 5. The van der Waals surface area contributed by atoms with Gasteiger partial charge in [0.05, 0.1) is 29.0 Å². The zero-order valence-electron chi connectivity index (χ0n) is 10.5. The molecule has 5 nitrogen and oxygen atoms in total. The van der Waals surface area contributed by atoms with E-state index in [1.807, 2.05) is 6.07 Å². The van der Waals surface area contributed by atoms with Crippen LogP contribution in [0.25, 0.3) is 11.4 Å². The number of hydrazine groups is 1. The van der Waals surface area contributed by atoms with Gasteiger partial charge >= 0.3 is 0 Å². The molecule has 0 fully saturated rings. The lowest BCUT2D eigenvalue weighted by atomic mass is 10.1. The molecule has 104 valence electrons. The molecule has 1 aliphatic heterocycles. The number of nitrogens with one attached hydrogen (secondary N) is 1. The molecule has 7 heteroatoms. The van der Waals surface area contributed by atoms with Crippen molar-refractivity contribution >= 4 is 29.0 Å². The quantitative estimate of drug-likeness (QED) is 0.659. The van der Waals surface area contributed by atoms with E-state index in [-0.39, 0.29) is 0 Å². The molecule has 0 spiro atoms. The number of nitrogens with zero attached hydrogens (tertiary/aromatic N) is 2. The second-order valence-corrected chi connectivity index (χ2v) is 5.21. The van der Waals surface area contributed by atoms with Crippen molar-refractivity contribution < 1.29 is 4.74 Å². The van der Waals surface area contributed by atoms with Gasteiger partial charge in [0.15, 0.2) is 5.82 Å². The third-order valence-electron chi connectivity index (χ3n) is 3.14. The highest BCUT2D eigenvalue weighted by Crippen LogP contribution is 2.29. The number of ether oxygens (including phenoxy) is 1. The SMILES string of the molecule is NNc1nc(-c2ccc(Cl)c(Cl)c2)nc2c1COCC2. The van der Waals surface area contributed by atoms with Crippen LogP contribution in [-0.2, 0) is 17.8 Å². The minimum absolute atomic E-state index is 0.469. The van der Waals surface area contributed by atoms with E-state index in [4.69, 9.17) is 33.8 Å². The topological polar surface area (TPSA) is 73.1 Å². The van der Waals surface area contributed by atoms with E-state index in [1.165, 1.54) is 0 Å². The lowest BCUT2D eigenvalue weighted by Crippen LogP contribution is -2.19. The van der Waals surface area contributed by atoms with Crippen molar-refractivity contribution in [3.63, 3.8) is 0 Å². The highest BCUT2D eigenvalue weighted by Gasteiger charge is 2.18. The molecule has 0 aliphatic carbocycles. The number of rotatable bonds is 2. The lowest BCUT2D eigenvalue weighted by molar-refractivity contribution is 0.109. The molecule has 3 N–H and O–H groups in total. The predicted octanol–water partition coefficient (Wildman–Crippen LogP) is 2.81. The maximum atomic E-state index is 6.03. The Balaban J connectivity index is 2.11. The van der Waals surface area contributed by atoms with Crippen LogP contribution >= 0.6 is 23.2 Å². The van der Waals surface area contributed by atoms with Crippen LogP contribution in [-0.4, -0.2) is 16.6 Å². The molecule has 0 saturated heterocycles. The first-order chi connectivity index (χ1) is 9.69. The molecule has 0 bridgehead atoms. The van der Waals surface area contributed by atoms with Gasteiger partial charge in [0.1, 0.15) is 5.82 Å². The number of nitrogens with two attached hydrogens (primary N) is 1. The van der Waals surface area contributed by atoms with E-state index >= 15 is 0 Å². The van der Waals surface area contributed by atoms with E-state index in [2.05, 4.69) is 15.4 Å². The highest BCUT2D eigenvalue weighted by atomic mass is 35.5. The maximum absolute atomic E-state index is 6.03. The van der Waals surface area contributed by atoms with E-state index in [1.54, 1.807) is 12.1 Å². The lowest BCUT2D eigenvalue weighted by Gasteiger charge is -2.19. The Hall–Kier alpha value is -1.40. The summed E-state index contributed by atoms with van der Waals surface area (Å²) < 4.78 is 5.40. The first-order valence-corrected chi connectivity index (χ1v) is 6.84. The van der Waals surface area contributed by atoms with Gasteiger partial charge in [-0.2, -0.15) is 0 Å². The minimum atomic E-state index is 0.469. The number of fused-ring (bicyclic) bond motifs is 1. The molecular formula is C13H12Cl2N4O. The van der Waals surface area contributed by atoms with Crippen LogP contribution in [0.3, 0.4) is 0 Å². The maximum Gasteiger partial charge on any atom is 0.161 e. The normalized spacial score (nSPS) is 13.9. The van der Waals surface area contributed by atoms with Crippen LogP contribution in [0.2, 0.25) is 10.0 Å². The number of aromatic nitrogens is 2. The molecule has 1 aromatic heterocycles. The highest BCUT2D eigenvalue weighted by molar-refractivity contribution is 6.42. The molecule has 2 aromatic rings. The third kappa shape index (κ3) is 2.45. The van der Waals surface area contributed by atoms with E-state index in [0.29, 0.717) is 34.9 Å². The number of hydrogen-bond donors (Lipinski definition) is 2. The summed E-state index contributed by atoms with van der Waals surface area (Å²) in [6, 6.07) is 5.29. The van der Waals surface area contributed by atoms with Crippen LogP contribution in [0.15, 0.2) is 18.2 Å². The van der Waals surface area contributed by atoms with Gasteiger partial charge in [0.25, 0.3) is 0 Å². The van der Waals surface area contributed by atoms with E-state index < -0.39 is 0 Å². The number of nitrogen functional groups attached to an aromatic ring is 1. The van der Waals surface area contributed by atoms with Crippen LogP contribution < -0.4 is 11.3 Å². The minimum Gasteiger partial charge on any atom is -0.376 e. The third-order valence-corrected chi connectivity index (χ3v) is 3.88. The molecule has 0 atom stereocenters. The fourth-order valence-corrected chi connectivity index (χ4v) is 2.41. The molecule has 1 aliphatic rings. The average molecular weight is 311 g/mol. The van der Waals surface area contributed by atoms with Crippen LogP contribution in [0.4, 0.5) is 5.82 Å². The van der Waals surface area contributed by atoms with Crippen LogP contribution in [0.5, 0.6) is 0 Å². The Morgan fingerprint density at radius 1 is 1.20 bits per heavy atom. The van der Waals surface area contributed by atoms with Crippen molar-refractivity contribution in [2.24, 2.45) is 5.84 Å². The zero-order valence-corrected chi connectivity index (χ0v) is 12.0. The monoisotopic (exact) mass is 310 g/mol. The van der Waals surface area contributed by atoms with Gasteiger partial charge in [-0.15, -0.1) is 0 Å². The van der Waals surface area contributed by atoms with Gasteiger partial charge in [-0.1, -0.05) is 23.2 Å². The molecule has 2 heterocycles. The summed E-state index contributed by atoms with van der Waals surface area (Å²) >= 11 is 12.0. The molecule has 20 heavy (non-hydrogen) atoms. The van der Waals surface area contributed by atoms with Crippen molar-refractivity contribution in [3.8, 4) is 11.4 Å². The van der Waals surface area contributed by atoms with Crippen molar-refractivity contribution in [2.75, 3.05) is 12.0 Å². The molecule has 3 rings (SSSR count). The largest absolute Gasteiger partial charge is 0.376 e. The average Bonchev–Trinajstić information content (AvgIpc) is 2.49. The van der Waals surface area contributed by atoms with Crippen LogP contribution in [0.1, 0.15) is 11.3 Å². The van der Waals surface area contributed by atoms with Crippen LogP contribution in [0, 0.1) is 0 Å². The molecule has 0 saturated carbocycles. The van der Waals surface area contributed by atoms with Gasteiger partial charge in [0, 0.05) is 17.5 Å². The second-order valence-electron chi connectivity index (χ2n) is 4.40. The molecule has 1 aromatic carbocycles. The van der Waals surface area contributed by atoms with Gasteiger partial charge in [-0.05, 0) is 18.2 Å². The Morgan fingerprint density at radius 2 is 2.05 bits per heavy atom. The predicted molar refractivity (Wildman–Crippen MR) is 78.7 cm³/mol. The van der Waals surface area contributed by atoms with Crippen molar-refractivity contribution in [1.29, 1.82) is 0 Å². The van der Waals surface area contributed by atoms with Crippen molar-refractivity contribution in [1.82, 2.24) is 9.97 Å². The summed E-state index contributed by atoms with van der Waals surface area (Å²) in [7, 11) is 0.